The van der Waals surface area contributed by atoms with Crippen LogP contribution in [0.5, 0.6) is 0 Å². The van der Waals surface area contributed by atoms with Crippen LogP contribution in [0.15, 0.2) is 0 Å². The van der Waals surface area contributed by atoms with E-state index < -0.39 is 0 Å². The van der Waals surface area contributed by atoms with Crippen LogP contribution in [0.2, 0.25) is 0 Å². The number of hydrogen-bond donors (Lipinski definition) is 2. The van der Waals surface area contributed by atoms with Crippen molar-refractivity contribution in [2.24, 2.45) is 5.73 Å². The third-order valence-electron chi connectivity index (χ3n) is 2.58. The lowest BCUT2D eigenvalue weighted by Crippen LogP contribution is -2.11. The number of unbranched alkanes of at least 4 members (excludes halogenated alkanes) is 2. The fourth-order valence-electron chi connectivity index (χ4n) is 1.60. The minimum absolute atomic E-state index is 0.0541. The Bertz CT molecular complexity index is 363. The topological polar surface area (TPSA) is 68.0 Å². The van der Waals surface area contributed by atoms with Gasteiger partial charge in [0, 0.05) is 11.3 Å². The average molecular weight is 255 g/mol. The van der Waals surface area contributed by atoms with Gasteiger partial charge in [-0.25, -0.2) is 4.98 Å². The number of aryl methyl sites for hydroxylation is 2. The molecule has 5 heteroatoms. The second-order valence-corrected chi connectivity index (χ2v) is 5.23. The zero-order valence-corrected chi connectivity index (χ0v) is 11.4. The van der Waals surface area contributed by atoms with E-state index in [0.29, 0.717) is 13.0 Å². The van der Waals surface area contributed by atoms with Crippen molar-refractivity contribution in [3.8, 4) is 0 Å². The predicted octanol–water partition coefficient (Wildman–Crippen LogP) is 2.47. The highest BCUT2D eigenvalue weighted by Gasteiger charge is 2.08. The molecule has 0 aliphatic rings. The first-order chi connectivity index (χ1) is 8.17. The normalized spacial score (nSPS) is 10.5. The Balaban J connectivity index is 2.34. The monoisotopic (exact) mass is 255 g/mol. The number of nitrogens with zero attached hydrogens (tertiary/aromatic N) is 1. The number of hydrogen-bond acceptors (Lipinski definition) is 4. The lowest BCUT2D eigenvalue weighted by atomic mass is 10.2. The van der Waals surface area contributed by atoms with Gasteiger partial charge >= 0.3 is 0 Å². The molecule has 3 N–H and O–H groups in total. The Morgan fingerprint density at radius 1 is 1.41 bits per heavy atom. The van der Waals surface area contributed by atoms with Crippen LogP contribution in [-0.2, 0) is 11.2 Å². The summed E-state index contributed by atoms with van der Waals surface area (Å²) in [5, 5.41) is 3.58. The molecule has 1 rings (SSSR count). The zero-order chi connectivity index (χ0) is 12.7. The number of aromatic nitrogens is 1. The number of rotatable bonds is 7. The molecule has 1 heterocycles. The van der Waals surface area contributed by atoms with Gasteiger partial charge in [0.2, 0.25) is 5.91 Å². The van der Waals surface area contributed by atoms with Crippen LogP contribution in [0.3, 0.4) is 0 Å². The summed E-state index contributed by atoms with van der Waals surface area (Å²) in [6.07, 6.45) is 4.37. The molecule has 0 fully saturated rings. The molecule has 0 unspecified atom stereocenters. The molecule has 1 aromatic heterocycles. The lowest BCUT2D eigenvalue weighted by molar-refractivity contribution is -0.116. The largest absolute Gasteiger partial charge is 0.330 e. The van der Waals surface area contributed by atoms with Crippen molar-refractivity contribution < 1.29 is 4.79 Å². The van der Waals surface area contributed by atoms with Gasteiger partial charge in [0.05, 0.1) is 5.69 Å². The molecular weight excluding hydrogens is 234 g/mol. The van der Waals surface area contributed by atoms with Gasteiger partial charge in [-0.15, -0.1) is 11.3 Å². The minimum atomic E-state index is 0.0541. The summed E-state index contributed by atoms with van der Waals surface area (Å²) < 4.78 is 0. The fourth-order valence-corrected chi connectivity index (χ4v) is 2.52. The Hall–Kier alpha value is -0.940. The molecule has 0 spiro atoms. The third kappa shape index (κ3) is 4.83. The van der Waals surface area contributed by atoms with Crippen LogP contribution in [0, 0.1) is 6.92 Å². The lowest BCUT2D eigenvalue weighted by Gasteiger charge is -2.01. The third-order valence-corrected chi connectivity index (χ3v) is 3.51. The van der Waals surface area contributed by atoms with E-state index in [-0.39, 0.29) is 5.91 Å². The van der Waals surface area contributed by atoms with Gasteiger partial charge in [0.1, 0.15) is 0 Å². The van der Waals surface area contributed by atoms with Gasteiger partial charge in [0.15, 0.2) is 5.13 Å². The average Bonchev–Trinajstić information content (AvgIpc) is 2.65. The van der Waals surface area contributed by atoms with Crippen molar-refractivity contribution >= 4 is 22.4 Å². The van der Waals surface area contributed by atoms with Crippen LogP contribution in [0.25, 0.3) is 0 Å². The Labute approximate surface area is 107 Å². The van der Waals surface area contributed by atoms with Gasteiger partial charge in [-0.2, -0.15) is 0 Å². The second-order valence-electron chi connectivity index (χ2n) is 4.02. The number of thiazole rings is 1. The molecule has 0 aromatic carbocycles. The van der Waals surface area contributed by atoms with E-state index in [2.05, 4.69) is 17.2 Å². The van der Waals surface area contributed by atoms with Crippen LogP contribution >= 0.6 is 11.3 Å². The van der Waals surface area contributed by atoms with Crippen molar-refractivity contribution in [2.75, 3.05) is 11.9 Å². The number of carbonyl (C=O) groups excluding carboxylic acids is 1. The maximum Gasteiger partial charge on any atom is 0.226 e. The van der Waals surface area contributed by atoms with Gasteiger partial charge in [-0.05, 0) is 32.7 Å². The summed E-state index contributed by atoms with van der Waals surface area (Å²) in [6.45, 7) is 4.81. The van der Waals surface area contributed by atoms with Crippen molar-refractivity contribution in [3.63, 3.8) is 0 Å². The van der Waals surface area contributed by atoms with Crippen LogP contribution < -0.4 is 11.1 Å². The summed E-state index contributed by atoms with van der Waals surface area (Å²) in [6, 6.07) is 0. The summed E-state index contributed by atoms with van der Waals surface area (Å²) in [7, 11) is 0. The van der Waals surface area contributed by atoms with Gasteiger partial charge in [-0.3, -0.25) is 4.79 Å². The number of amides is 1. The smallest absolute Gasteiger partial charge is 0.226 e. The highest BCUT2D eigenvalue weighted by Crippen LogP contribution is 2.22. The van der Waals surface area contributed by atoms with Gasteiger partial charge < -0.3 is 11.1 Å². The second kappa shape index (κ2) is 7.40. The number of nitrogens with one attached hydrogen (secondary N) is 1. The summed E-state index contributed by atoms with van der Waals surface area (Å²) in [5.41, 5.74) is 6.47. The molecule has 0 saturated carbocycles. The molecule has 0 aliphatic carbocycles. The summed E-state index contributed by atoms with van der Waals surface area (Å²) in [4.78, 5) is 17.2. The first kappa shape index (κ1) is 14.1. The Morgan fingerprint density at radius 2 is 2.18 bits per heavy atom. The maximum atomic E-state index is 11.6. The molecule has 0 aliphatic heterocycles. The number of carbonyl (C=O) groups is 1. The van der Waals surface area contributed by atoms with Crippen LogP contribution in [0.1, 0.15) is 43.2 Å². The first-order valence-corrected chi connectivity index (χ1v) is 6.95. The van der Waals surface area contributed by atoms with Gasteiger partial charge in [-0.1, -0.05) is 13.3 Å². The zero-order valence-electron chi connectivity index (χ0n) is 10.6. The molecule has 0 saturated heterocycles. The van der Waals surface area contributed by atoms with E-state index in [1.54, 1.807) is 11.3 Å². The van der Waals surface area contributed by atoms with E-state index in [4.69, 9.17) is 5.73 Å². The van der Waals surface area contributed by atoms with Crippen LogP contribution in [-0.4, -0.2) is 17.4 Å². The van der Waals surface area contributed by atoms with E-state index in [1.807, 2.05) is 6.92 Å². The SMILES string of the molecule is CCc1nc(NC(=O)CCCCCN)sc1C. The molecule has 4 nitrogen and oxygen atoms in total. The van der Waals surface area contributed by atoms with E-state index in [0.717, 1.165) is 36.5 Å². The molecule has 1 aromatic rings. The predicted molar refractivity (Wildman–Crippen MR) is 72.4 cm³/mol. The molecular formula is C12H21N3OS. The minimum Gasteiger partial charge on any atom is -0.330 e. The molecule has 17 heavy (non-hydrogen) atoms. The molecule has 96 valence electrons. The summed E-state index contributed by atoms with van der Waals surface area (Å²) >= 11 is 1.55. The van der Waals surface area contributed by atoms with Gasteiger partial charge in [0.25, 0.3) is 0 Å². The standard InChI is InChI=1S/C12H21N3OS/c1-3-10-9(2)17-12(14-10)15-11(16)7-5-4-6-8-13/h3-8,13H2,1-2H3,(H,14,15,16). The van der Waals surface area contributed by atoms with Crippen molar-refractivity contribution in [1.29, 1.82) is 0 Å². The molecule has 1 amide bonds. The number of nitrogens with two attached hydrogens (primary N) is 1. The molecule has 0 bridgehead atoms. The molecule has 0 atom stereocenters. The van der Waals surface area contributed by atoms with Crippen molar-refractivity contribution in [2.45, 2.75) is 46.0 Å². The summed E-state index contributed by atoms with van der Waals surface area (Å²) in [5.74, 6) is 0.0541. The quantitative estimate of drug-likeness (QED) is 0.735. The molecule has 0 radical (unpaired) electrons. The Morgan fingerprint density at radius 3 is 2.76 bits per heavy atom. The Kier molecular flexibility index (Phi) is 6.15. The maximum absolute atomic E-state index is 11.6. The van der Waals surface area contributed by atoms with Crippen molar-refractivity contribution in [3.05, 3.63) is 10.6 Å². The van der Waals surface area contributed by atoms with E-state index in [1.165, 1.54) is 4.88 Å². The highest BCUT2D eigenvalue weighted by molar-refractivity contribution is 7.15. The fraction of sp³-hybridized carbons (Fsp3) is 0.667. The highest BCUT2D eigenvalue weighted by atomic mass is 32.1. The first-order valence-electron chi connectivity index (χ1n) is 6.13. The van der Waals surface area contributed by atoms with Crippen molar-refractivity contribution in [1.82, 2.24) is 4.98 Å². The van der Waals surface area contributed by atoms with Crippen LogP contribution in [0.4, 0.5) is 5.13 Å². The van der Waals surface area contributed by atoms with E-state index >= 15 is 0 Å². The number of anilines is 1. The van der Waals surface area contributed by atoms with E-state index in [9.17, 15) is 4.79 Å².